The number of hydrogen-bond acceptors (Lipinski definition) is 2. The van der Waals surface area contributed by atoms with Crippen LogP contribution in [0.3, 0.4) is 0 Å². The standard InChI is InChI=1S/C10H19N3/c1-4-7-13-8-6-12-10(13)9(3)11-5-2/h6,8-9,11H,4-5,7H2,1-3H3. The van der Waals surface area contributed by atoms with Crippen LogP contribution in [0.25, 0.3) is 0 Å². The smallest absolute Gasteiger partial charge is 0.125 e. The average Bonchev–Trinajstić information content (AvgIpc) is 2.54. The third kappa shape index (κ3) is 2.56. The molecule has 0 radical (unpaired) electrons. The Hall–Kier alpha value is -0.830. The zero-order valence-corrected chi connectivity index (χ0v) is 8.75. The Morgan fingerprint density at radius 3 is 2.92 bits per heavy atom. The summed E-state index contributed by atoms with van der Waals surface area (Å²) >= 11 is 0. The van der Waals surface area contributed by atoms with E-state index in [9.17, 15) is 0 Å². The lowest BCUT2D eigenvalue weighted by molar-refractivity contribution is 0.521. The van der Waals surface area contributed by atoms with Crippen molar-refractivity contribution >= 4 is 0 Å². The SMILES string of the molecule is CCCn1ccnc1C(C)NCC. The first-order valence-electron chi connectivity index (χ1n) is 5.04. The van der Waals surface area contributed by atoms with Crippen molar-refractivity contribution < 1.29 is 0 Å². The molecule has 0 bridgehead atoms. The van der Waals surface area contributed by atoms with E-state index in [2.05, 4.69) is 35.6 Å². The highest BCUT2D eigenvalue weighted by Crippen LogP contribution is 2.09. The van der Waals surface area contributed by atoms with E-state index in [1.807, 2.05) is 12.4 Å². The van der Waals surface area contributed by atoms with Gasteiger partial charge in [0.15, 0.2) is 0 Å². The minimum Gasteiger partial charge on any atom is -0.334 e. The molecule has 1 rings (SSSR count). The fraction of sp³-hybridized carbons (Fsp3) is 0.700. The van der Waals surface area contributed by atoms with E-state index in [-0.39, 0.29) is 0 Å². The van der Waals surface area contributed by atoms with Gasteiger partial charge in [-0.15, -0.1) is 0 Å². The first kappa shape index (κ1) is 10.3. The molecule has 1 aromatic rings. The van der Waals surface area contributed by atoms with Crippen LogP contribution in [0.2, 0.25) is 0 Å². The van der Waals surface area contributed by atoms with Crippen molar-refractivity contribution in [2.24, 2.45) is 0 Å². The lowest BCUT2D eigenvalue weighted by atomic mass is 10.3. The molecular weight excluding hydrogens is 162 g/mol. The van der Waals surface area contributed by atoms with Gasteiger partial charge in [0, 0.05) is 18.9 Å². The van der Waals surface area contributed by atoms with Crippen molar-refractivity contribution in [2.75, 3.05) is 6.54 Å². The highest BCUT2D eigenvalue weighted by Gasteiger charge is 2.09. The molecule has 0 saturated heterocycles. The number of aromatic nitrogens is 2. The minimum absolute atomic E-state index is 0.353. The van der Waals surface area contributed by atoms with Gasteiger partial charge in [0.2, 0.25) is 0 Å². The summed E-state index contributed by atoms with van der Waals surface area (Å²) in [7, 11) is 0. The van der Waals surface area contributed by atoms with Crippen LogP contribution >= 0.6 is 0 Å². The lowest BCUT2D eigenvalue weighted by Gasteiger charge is -2.13. The Kier molecular flexibility index (Phi) is 3.96. The Bertz CT molecular complexity index is 242. The number of rotatable bonds is 5. The number of nitrogens with one attached hydrogen (secondary N) is 1. The van der Waals surface area contributed by atoms with Gasteiger partial charge < -0.3 is 9.88 Å². The summed E-state index contributed by atoms with van der Waals surface area (Å²) in [4.78, 5) is 4.35. The minimum atomic E-state index is 0.353. The first-order chi connectivity index (χ1) is 6.29. The molecule has 3 heteroatoms. The number of imidazole rings is 1. The van der Waals surface area contributed by atoms with Gasteiger partial charge >= 0.3 is 0 Å². The number of hydrogen-bond donors (Lipinski definition) is 1. The molecule has 13 heavy (non-hydrogen) atoms. The molecule has 1 aromatic heterocycles. The van der Waals surface area contributed by atoms with Crippen LogP contribution < -0.4 is 5.32 Å². The molecule has 0 aliphatic heterocycles. The summed E-state index contributed by atoms with van der Waals surface area (Å²) in [6.07, 6.45) is 5.08. The zero-order chi connectivity index (χ0) is 9.68. The maximum atomic E-state index is 4.35. The normalized spacial score (nSPS) is 13.2. The maximum Gasteiger partial charge on any atom is 0.125 e. The summed E-state index contributed by atoms with van der Waals surface area (Å²) in [5.74, 6) is 1.14. The second-order valence-electron chi connectivity index (χ2n) is 3.26. The molecule has 1 unspecified atom stereocenters. The van der Waals surface area contributed by atoms with Crippen molar-refractivity contribution in [3.8, 4) is 0 Å². The molecule has 0 aliphatic carbocycles. The second kappa shape index (κ2) is 5.02. The molecule has 3 nitrogen and oxygen atoms in total. The molecule has 74 valence electrons. The van der Waals surface area contributed by atoms with Crippen molar-refractivity contribution in [1.82, 2.24) is 14.9 Å². The highest BCUT2D eigenvalue weighted by molar-refractivity contribution is 4.97. The third-order valence-corrected chi connectivity index (χ3v) is 2.11. The van der Waals surface area contributed by atoms with Gasteiger partial charge in [-0.25, -0.2) is 4.98 Å². The Morgan fingerprint density at radius 1 is 1.54 bits per heavy atom. The molecule has 1 N–H and O–H groups in total. The quantitative estimate of drug-likeness (QED) is 0.752. The molecule has 0 spiro atoms. The van der Waals surface area contributed by atoms with Crippen LogP contribution in [-0.4, -0.2) is 16.1 Å². The van der Waals surface area contributed by atoms with E-state index in [0.29, 0.717) is 6.04 Å². The topological polar surface area (TPSA) is 29.9 Å². The van der Waals surface area contributed by atoms with Crippen LogP contribution in [0.5, 0.6) is 0 Å². The van der Waals surface area contributed by atoms with Crippen LogP contribution in [0.4, 0.5) is 0 Å². The Balaban J connectivity index is 2.68. The van der Waals surface area contributed by atoms with Crippen LogP contribution in [-0.2, 0) is 6.54 Å². The summed E-state index contributed by atoms with van der Waals surface area (Å²) < 4.78 is 2.22. The fourth-order valence-corrected chi connectivity index (χ4v) is 1.53. The monoisotopic (exact) mass is 181 g/mol. The van der Waals surface area contributed by atoms with Gasteiger partial charge in [0.1, 0.15) is 5.82 Å². The van der Waals surface area contributed by atoms with E-state index in [1.165, 1.54) is 0 Å². The predicted molar refractivity (Wildman–Crippen MR) is 54.6 cm³/mol. The fourth-order valence-electron chi connectivity index (χ4n) is 1.53. The van der Waals surface area contributed by atoms with E-state index in [1.54, 1.807) is 0 Å². The molecular formula is C10H19N3. The van der Waals surface area contributed by atoms with Crippen molar-refractivity contribution in [3.05, 3.63) is 18.2 Å². The van der Waals surface area contributed by atoms with Gasteiger partial charge in [-0.1, -0.05) is 13.8 Å². The van der Waals surface area contributed by atoms with Crippen molar-refractivity contribution in [3.63, 3.8) is 0 Å². The van der Waals surface area contributed by atoms with Gasteiger partial charge in [0.05, 0.1) is 6.04 Å². The van der Waals surface area contributed by atoms with E-state index in [4.69, 9.17) is 0 Å². The van der Waals surface area contributed by atoms with Crippen LogP contribution in [0.1, 0.15) is 39.1 Å². The highest BCUT2D eigenvalue weighted by atomic mass is 15.1. The maximum absolute atomic E-state index is 4.35. The molecule has 0 aliphatic rings. The molecule has 0 amide bonds. The largest absolute Gasteiger partial charge is 0.334 e. The average molecular weight is 181 g/mol. The van der Waals surface area contributed by atoms with Gasteiger partial charge in [0.25, 0.3) is 0 Å². The summed E-state index contributed by atoms with van der Waals surface area (Å²) in [5.41, 5.74) is 0. The Morgan fingerprint density at radius 2 is 2.31 bits per heavy atom. The number of aryl methyl sites for hydroxylation is 1. The lowest BCUT2D eigenvalue weighted by Crippen LogP contribution is -2.21. The summed E-state index contributed by atoms with van der Waals surface area (Å²) in [5, 5.41) is 3.36. The van der Waals surface area contributed by atoms with Gasteiger partial charge in [-0.2, -0.15) is 0 Å². The van der Waals surface area contributed by atoms with Gasteiger partial charge in [-0.3, -0.25) is 0 Å². The van der Waals surface area contributed by atoms with Crippen LogP contribution in [0.15, 0.2) is 12.4 Å². The molecule has 1 heterocycles. The molecule has 0 aromatic carbocycles. The summed E-state index contributed by atoms with van der Waals surface area (Å²) in [6, 6.07) is 0.353. The van der Waals surface area contributed by atoms with E-state index in [0.717, 1.165) is 25.3 Å². The zero-order valence-electron chi connectivity index (χ0n) is 8.75. The number of nitrogens with zero attached hydrogens (tertiary/aromatic N) is 2. The molecule has 0 saturated carbocycles. The van der Waals surface area contributed by atoms with Crippen molar-refractivity contribution in [1.29, 1.82) is 0 Å². The molecule has 1 atom stereocenters. The first-order valence-corrected chi connectivity index (χ1v) is 5.04. The van der Waals surface area contributed by atoms with E-state index >= 15 is 0 Å². The van der Waals surface area contributed by atoms with Gasteiger partial charge in [-0.05, 0) is 19.9 Å². The summed E-state index contributed by atoms with van der Waals surface area (Å²) in [6.45, 7) is 8.49. The van der Waals surface area contributed by atoms with Crippen molar-refractivity contribution in [2.45, 2.75) is 39.8 Å². The molecule has 0 fully saturated rings. The van der Waals surface area contributed by atoms with Crippen LogP contribution in [0, 0.1) is 0 Å². The Labute approximate surface area is 80.2 Å². The third-order valence-electron chi connectivity index (χ3n) is 2.11. The van der Waals surface area contributed by atoms with E-state index < -0.39 is 0 Å². The second-order valence-corrected chi connectivity index (χ2v) is 3.26. The predicted octanol–water partition coefficient (Wildman–Crippen LogP) is 1.96.